The molecule has 3 aromatic rings. The maximum Gasteiger partial charge on any atom is 0.234 e. The number of methoxy groups -OCH3 is 1. The summed E-state index contributed by atoms with van der Waals surface area (Å²) in [6, 6.07) is 14.7. The van der Waals surface area contributed by atoms with Crippen LogP contribution in [0.1, 0.15) is 26.1 Å². The van der Waals surface area contributed by atoms with E-state index in [2.05, 4.69) is 29.4 Å². The molecule has 2 aromatic carbocycles. The molecular formula is C23H27ClN4O3S. The lowest BCUT2D eigenvalue weighted by Crippen LogP contribution is -2.15. The Bertz CT molecular complexity index is 1030. The average molecular weight is 475 g/mol. The topological polar surface area (TPSA) is 78.3 Å². The third-order valence-electron chi connectivity index (χ3n) is 4.60. The molecule has 1 amide bonds. The fourth-order valence-corrected chi connectivity index (χ4v) is 3.92. The number of aromatic nitrogens is 3. The van der Waals surface area contributed by atoms with Gasteiger partial charge in [0.2, 0.25) is 5.91 Å². The minimum Gasteiger partial charge on any atom is -0.495 e. The van der Waals surface area contributed by atoms with Gasteiger partial charge in [0.25, 0.3) is 0 Å². The average Bonchev–Trinajstić information content (AvgIpc) is 3.17. The van der Waals surface area contributed by atoms with Gasteiger partial charge in [0.05, 0.1) is 17.9 Å². The van der Waals surface area contributed by atoms with Gasteiger partial charge in [-0.3, -0.25) is 4.79 Å². The Kier molecular flexibility index (Phi) is 8.81. The van der Waals surface area contributed by atoms with Crippen molar-refractivity contribution in [3.05, 3.63) is 59.4 Å². The number of carbonyl (C=O) groups excluding carboxylic acids is 1. The van der Waals surface area contributed by atoms with Crippen LogP contribution in [0.3, 0.4) is 0 Å². The van der Waals surface area contributed by atoms with Gasteiger partial charge in [-0.2, -0.15) is 0 Å². The molecule has 9 heteroatoms. The zero-order chi connectivity index (χ0) is 22.9. The van der Waals surface area contributed by atoms with Crippen molar-refractivity contribution in [3.8, 4) is 11.5 Å². The zero-order valence-corrected chi connectivity index (χ0v) is 19.9. The third kappa shape index (κ3) is 6.90. The fraction of sp³-hybridized carbons (Fsp3) is 0.348. The third-order valence-corrected chi connectivity index (χ3v) is 5.86. The summed E-state index contributed by atoms with van der Waals surface area (Å²) in [5.74, 6) is 2.64. The molecule has 0 saturated carbocycles. The van der Waals surface area contributed by atoms with Crippen molar-refractivity contribution in [3.63, 3.8) is 0 Å². The fourth-order valence-electron chi connectivity index (χ4n) is 2.88. The second-order valence-corrected chi connectivity index (χ2v) is 8.87. The lowest BCUT2D eigenvalue weighted by molar-refractivity contribution is -0.113. The molecular weight excluding hydrogens is 448 g/mol. The molecule has 1 N–H and O–H groups in total. The Morgan fingerprint density at radius 3 is 2.66 bits per heavy atom. The SMILES string of the molecule is COc1ccc(NC(=O)CSc2nnc(COc3ccccc3)n2CCC(C)C)cc1Cl. The summed E-state index contributed by atoms with van der Waals surface area (Å²) in [7, 11) is 1.55. The highest BCUT2D eigenvalue weighted by Crippen LogP contribution is 2.27. The maximum atomic E-state index is 12.5. The van der Waals surface area contributed by atoms with E-state index in [0.29, 0.717) is 34.1 Å². The molecule has 0 fully saturated rings. The van der Waals surface area contributed by atoms with Crippen LogP contribution in [0.2, 0.25) is 5.02 Å². The number of thioether (sulfide) groups is 1. The van der Waals surface area contributed by atoms with Gasteiger partial charge in [-0.05, 0) is 42.7 Å². The normalized spacial score (nSPS) is 10.9. The number of hydrogen-bond donors (Lipinski definition) is 1. The van der Waals surface area contributed by atoms with Crippen LogP contribution in [-0.4, -0.2) is 33.5 Å². The van der Waals surface area contributed by atoms with Gasteiger partial charge >= 0.3 is 0 Å². The summed E-state index contributed by atoms with van der Waals surface area (Å²) in [6.45, 7) is 5.41. The monoisotopic (exact) mass is 474 g/mol. The van der Waals surface area contributed by atoms with E-state index >= 15 is 0 Å². The van der Waals surface area contributed by atoms with E-state index < -0.39 is 0 Å². The predicted molar refractivity (Wildman–Crippen MR) is 128 cm³/mol. The molecule has 1 aromatic heterocycles. The second kappa shape index (κ2) is 11.8. The van der Waals surface area contributed by atoms with Gasteiger partial charge in [-0.15, -0.1) is 10.2 Å². The maximum absolute atomic E-state index is 12.5. The van der Waals surface area contributed by atoms with Gasteiger partial charge in [-0.25, -0.2) is 0 Å². The minimum absolute atomic E-state index is 0.156. The van der Waals surface area contributed by atoms with Crippen molar-refractivity contribution < 1.29 is 14.3 Å². The van der Waals surface area contributed by atoms with Gasteiger partial charge in [0, 0.05) is 12.2 Å². The molecule has 170 valence electrons. The first-order valence-electron chi connectivity index (χ1n) is 10.3. The van der Waals surface area contributed by atoms with Crippen LogP contribution in [0.5, 0.6) is 11.5 Å². The number of ether oxygens (including phenoxy) is 2. The highest BCUT2D eigenvalue weighted by molar-refractivity contribution is 7.99. The Hall–Kier alpha value is -2.71. The number of carbonyl (C=O) groups is 1. The van der Waals surface area contributed by atoms with Crippen LogP contribution in [0, 0.1) is 5.92 Å². The van der Waals surface area contributed by atoms with E-state index in [1.165, 1.54) is 11.8 Å². The Labute approximate surface area is 197 Å². The van der Waals surface area contributed by atoms with Crippen molar-refractivity contribution in [2.45, 2.75) is 38.6 Å². The number of rotatable bonds is 11. The summed E-state index contributed by atoms with van der Waals surface area (Å²) < 4.78 is 13.0. The molecule has 0 atom stereocenters. The van der Waals surface area contributed by atoms with Gasteiger partial charge < -0.3 is 19.4 Å². The summed E-state index contributed by atoms with van der Waals surface area (Å²) in [5.41, 5.74) is 0.611. The molecule has 0 saturated heterocycles. The number of nitrogens with one attached hydrogen (secondary N) is 1. The van der Waals surface area contributed by atoms with Crippen LogP contribution >= 0.6 is 23.4 Å². The molecule has 0 bridgehead atoms. The Balaban J connectivity index is 1.63. The van der Waals surface area contributed by atoms with Crippen LogP contribution in [0.15, 0.2) is 53.7 Å². The van der Waals surface area contributed by atoms with Crippen LogP contribution in [-0.2, 0) is 17.9 Å². The highest BCUT2D eigenvalue weighted by atomic mass is 35.5. The first kappa shape index (κ1) is 23.9. The molecule has 3 rings (SSSR count). The van der Waals surface area contributed by atoms with Gasteiger partial charge in [0.1, 0.15) is 18.1 Å². The first-order valence-corrected chi connectivity index (χ1v) is 11.7. The standard InChI is InChI=1S/C23H27ClN4O3S/c1-16(2)11-12-28-21(14-31-18-7-5-4-6-8-18)26-27-23(28)32-15-22(29)25-17-9-10-20(30-3)19(24)13-17/h4-10,13,16H,11-12,14-15H2,1-3H3,(H,25,29). The highest BCUT2D eigenvalue weighted by Gasteiger charge is 2.16. The van der Waals surface area contributed by atoms with Crippen LogP contribution in [0.4, 0.5) is 5.69 Å². The molecule has 0 aliphatic heterocycles. The van der Waals surface area contributed by atoms with Crippen molar-refractivity contribution in [1.29, 1.82) is 0 Å². The van der Waals surface area contributed by atoms with Crippen molar-refractivity contribution in [2.24, 2.45) is 5.92 Å². The number of amides is 1. The molecule has 1 heterocycles. The van der Waals surface area contributed by atoms with E-state index in [1.54, 1.807) is 25.3 Å². The summed E-state index contributed by atoms with van der Waals surface area (Å²) >= 11 is 7.47. The lowest BCUT2D eigenvalue weighted by atomic mass is 10.1. The Morgan fingerprint density at radius 1 is 1.19 bits per heavy atom. The number of benzene rings is 2. The smallest absolute Gasteiger partial charge is 0.234 e. The van der Waals surface area contributed by atoms with E-state index in [4.69, 9.17) is 21.1 Å². The van der Waals surface area contributed by atoms with Crippen molar-refractivity contribution in [2.75, 3.05) is 18.2 Å². The summed E-state index contributed by atoms with van der Waals surface area (Å²) in [4.78, 5) is 12.5. The minimum atomic E-state index is -0.156. The predicted octanol–water partition coefficient (Wildman–Crippen LogP) is 5.30. The van der Waals surface area contributed by atoms with Gasteiger partial charge in [0.15, 0.2) is 11.0 Å². The molecule has 32 heavy (non-hydrogen) atoms. The molecule has 0 radical (unpaired) electrons. The van der Waals surface area contributed by atoms with E-state index in [1.807, 2.05) is 34.9 Å². The van der Waals surface area contributed by atoms with Crippen molar-refractivity contribution in [1.82, 2.24) is 14.8 Å². The number of para-hydroxylation sites is 1. The number of hydrogen-bond acceptors (Lipinski definition) is 6. The van der Waals surface area contributed by atoms with Crippen LogP contribution < -0.4 is 14.8 Å². The lowest BCUT2D eigenvalue weighted by Gasteiger charge is -2.12. The van der Waals surface area contributed by atoms with Crippen molar-refractivity contribution >= 4 is 35.0 Å². The second-order valence-electron chi connectivity index (χ2n) is 7.52. The zero-order valence-electron chi connectivity index (χ0n) is 18.4. The molecule has 0 aliphatic carbocycles. The number of nitrogens with zero attached hydrogens (tertiary/aromatic N) is 3. The largest absolute Gasteiger partial charge is 0.495 e. The number of halogens is 1. The quantitative estimate of drug-likeness (QED) is 0.380. The first-order chi connectivity index (χ1) is 15.5. The van der Waals surface area contributed by atoms with E-state index in [9.17, 15) is 4.79 Å². The summed E-state index contributed by atoms with van der Waals surface area (Å²) in [6.07, 6.45) is 0.973. The molecule has 0 unspecified atom stereocenters. The Morgan fingerprint density at radius 2 is 1.97 bits per heavy atom. The molecule has 0 spiro atoms. The van der Waals surface area contributed by atoms with E-state index in [0.717, 1.165) is 24.5 Å². The van der Waals surface area contributed by atoms with Gasteiger partial charge in [-0.1, -0.05) is 55.4 Å². The molecule has 7 nitrogen and oxygen atoms in total. The van der Waals surface area contributed by atoms with Crippen LogP contribution in [0.25, 0.3) is 0 Å². The summed E-state index contributed by atoms with van der Waals surface area (Å²) in [5, 5.41) is 12.6. The number of anilines is 1. The molecule has 0 aliphatic rings. The van der Waals surface area contributed by atoms with E-state index in [-0.39, 0.29) is 11.7 Å².